The Kier molecular flexibility index (Phi) is 5.04. The van der Waals surface area contributed by atoms with E-state index in [1.807, 2.05) is 0 Å². The van der Waals surface area contributed by atoms with Gasteiger partial charge in [0, 0.05) is 6.07 Å². The van der Waals surface area contributed by atoms with E-state index >= 15 is 0 Å². The van der Waals surface area contributed by atoms with Crippen LogP contribution >= 0.6 is 0 Å². The second kappa shape index (κ2) is 7.82. The lowest BCUT2D eigenvalue weighted by molar-refractivity contribution is -0.144. The molecule has 2 aliphatic rings. The molecule has 2 aromatic carbocycles. The van der Waals surface area contributed by atoms with Crippen LogP contribution in [0.1, 0.15) is 12.5 Å². The average molecular weight is 424 g/mol. The highest BCUT2D eigenvalue weighted by molar-refractivity contribution is 6.39. The second-order valence-electron chi connectivity index (χ2n) is 6.66. The number of hydrogen-bond acceptors (Lipinski definition) is 7. The molecule has 1 fully saturated rings. The van der Waals surface area contributed by atoms with Gasteiger partial charge in [0.2, 0.25) is 6.79 Å². The van der Waals surface area contributed by atoms with E-state index in [2.05, 4.69) is 5.32 Å². The van der Waals surface area contributed by atoms with Gasteiger partial charge in [-0.25, -0.2) is 14.5 Å². The number of barbiturate groups is 1. The van der Waals surface area contributed by atoms with Gasteiger partial charge in [-0.2, -0.15) is 0 Å². The van der Waals surface area contributed by atoms with Crippen molar-refractivity contribution >= 4 is 35.6 Å². The van der Waals surface area contributed by atoms with Crippen molar-refractivity contribution in [3.8, 4) is 17.2 Å². The molecule has 0 spiro atoms. The minimum absolute atomic E-state index is 0.0352. The van der Waals surface area contributed by atoms with E-state index in [-0.39, 0.29) is 18.1 Å². The SMILES string of the molecule is C[C@H](Oc1ccc(/C=C2\C(=O)NC(=O)N(c3ccc4c(c3)OCO4)C2=O)cc1)C(=O)O. The molecule has 0 radical (unpaired) electrons. The van der Waals surface area contributed by atoms with Gasteiger partial charge in [0.15, 0.2) is 17.6 Å². The van der Waals surface area contributed by atoms with Crippen molar-refractivity contribution in [2.75, 3.05) is 11.7 Å². The number of nitrogens with one attached hydrogen (secondary N) is 1. The first-order valence-electron chi connectivity index (χ1n) is 9.14. The summed E-state index contributed by atoms with van der Waals surface area (Å²) in [6.07, 6.45) is 0.297. The fourth-order valence-corrected chi connectivity index (χ4v) is 2.98. The molecule has 2 N–H and O–H groups in total. The van der Waals surface area contributed by atoms with E-state index in [9.17, 15) is 19.2 Å². The monoisotopic (exact) mass is 424 g/mol. The van der Waals surface area contributed by atoms with Gasteiger partial charge in [0.05, 0.1) is 5.69 Å². The molecule has 0 saturated carbocycles. The molecule has 2 aromatic rings. The molecule has 0 aliphatic carbocycles. The normalized spacial score (nSPS) is 17.5. The third-order valence-electron chi connectivity index (χ3n) is 4.57. The van der Waals surface area contributed by atoms with Crippen molar-refractivity contribution in [1.82, 2.24) is 5.32 Å². The van der Waals surface area contributed by atoms with Crippen LogP contribution in [0.15, 0.2) is 48.0 Å². The van der Waals surface area contributed by atoms with Crippen molar-refractivity contribution in [2.45, 2.75) is 13.0 Å². The van der Waals surface area contributed by atoms with E-state index in [1.165, 1.54) is 37.3 Å². The molecule has 1 saturated heterocycles. The first-order chi connectivity index (χ1) is 14.8. The molecule has 2 aliphatic heterocycles. The minimum atomic E-state index is -1.11. The Hall–Kier alpha value is -4.34. The van der Waals surface area contributed by atoms with Gasteiger partial charge >= 0.3 is 12.0 Å². The molecule has 2 heterocycles. The molecular formula is C21H16N2O8. The number of fused-ring (bicyclic) bond motifs is 1. The van der Waals surface area contributed by atoms with Crippen LogP contribution in [0, 0.1) is 0 Å². The third kappa shape index (κ3) is 3.90. The van der Waals surface area contributed by atoms with Crippen LogP contribution in [0.2, 0.25) is 0 Å². The molecule has 4 amide bonds. The number of anilines is 1. The Labute approximate surface area is 175 Å². The number of carboxylic acid groups (broad SMARTS) is 1. The molecule has 4 rings (SSSR count). The molecule has 0 unspecified atom stereocenters. The van der Waals surface area contributed by atoms with Crippen LogP contribution in [0.4, 0.5) is 10.5 Å². The summed E-state index contributed by atoms with van der Waals surface area (Å²) in [4.78, 5) is 49.3. The van der Waals surface area contributed by atoms with E-state index < -0.39 is 29.9 Å². The number of benzene rings is 2. The maximum atomic E-state index is 13.0. The van der Waals surface area contributed by atoms with Crippen LogP contribution < -0.4 is 24.4 Å². The zero-order valence-electron chi connectivity index (χ0n) is 16.2. The summed E-state index contributed by atoms with van der Waals surface area (Å²) in [5, 5.41) is 11.0. The maximum absolute atomic E-state index is 13.0. The van der Waals surface area contributed by atoms with Gasteiger partial charge in [-0.3, -0.25) is 14.9 Å². The number of carboxylic acids is 1. The minimum Gasteiger partial charge on any atom is -0.479 e. The summed E-state index contributed by atoms with van der Waals surface area (Å²) in [6.45, 7) is 1.43. The standard InChI is InChI=1S/C21H16N2O8/c1-11(20(26)27)31-14-5-2-12(3-6-14)8-15-18(24)22-21(28)23(19(15)25)13-4-7-16-17(9-13)30-10-29-16/h2-9,11H,10H2,1H3,(H,26,27)(H,22,24,28)/b15-8+/t11-/m0/s1. The van der Waals surface area contributed by atoms with E-state index in [0.717, 1.165) is 4.90 Å². The Balaban J connectivity index is 1.59. The van der Waals surface area contributed by atoms with E-state index in [0.29, 0.717) is 22.8 Å². The lowest BCUT2D eigenvalue weighted by Crippen LogP contribution is -2.54. The topological polar surface area (TPSA) is 131 Å². The van der Waals surface area contributed by atoms with Crippen LogP contribution in [0.25, 0.3) is 6.08 Å². The second-order valence-corrected chi connectivity index (χ2v) is 6.66. The maximum Gasteiger partial charge on any atom is 0.344 e. The van der Waals surface area contributed by atoms with Gasteiger partial charge in [-0.15, -0.1) is 0 Å². The Bertz CT molecular complexity index is 1120. The first-order valence-corrected chi connectivity index (χ1v) is 9.14. The number of rotatable bonds is 5. The molecule has 158 valence electrons. The lowest BCUT2D eigenvalue weighted by Gasteiger charge is -2.26. The molecule has 10 heteroatoms. The highest BCUT2D eigenvalue weighted by Crippen LogP contribution is 2.36. The number of carbonyl (C=O) groups is 4. The van der Waals surface area contributed by atoms with Gasteiger partial charge < -0.3 is 19.3 Å². The van der Waals surface area contributed by atoms with Gasteiger partial charge in [-0.1, -0.05) is 12.1 Å². The van der Waals surface area contributed by atoms with Crippen LogP contribution in [-0.2, 0) is 14.4 Å². The summed E-state index contributed by atoms with van der Waals surface area (Å²) < 4.78 is 15.7. The summed E-state index contributed by atoms with van der Waals surface area (Å²) >= 11 is 0. The van der Waals surface area contributed by atoms with Gasteiger partial charge in [-0.05, 0) is 42.8 Å². The Morgan fingerprint density at radius 1 is 1.13 bits per heavy atom. The van der Waals surface area contributed by atoms with Gasteiger partial charge in [0.1, 0.15) is 11.3 Å². The summed E-state index contributed by atoms with van der Waals surface area (Å²) in [7, 11) is 0. The number of aliphatic carboxylic acids is 1. The van der Waals surface area contributed by atoms with Crippen molar-refractivity contribution in [2.24, 2.45) is 0 Å². The van der Waals surface area contributed by atoms with Crippen LogP contribution in [-0.4, -0.2) is 41.8 Å². The predicted molar refractivity (Wildman–Crippen MR) is 106 cm³/mol. The third-order valence-corrected chi connectivity index (χ3v) is 4.57. The molecule has 0 bridgehead atoms. The summed E-state index contributed by atoms with van der Waals surface area (Å²) in [5.41, 5.74) is 0.454. The summed E-state index contributed by atoms with van der Waals surface area (Å²) in [6, 6.07) is 9.80. The Morgan fingerprint density at radius 2 is 1.84 bits per heavy atom. The van der Waals surface area contributed by atoms with Crippen molar-refractivity contribution in [3.05, 3.63) is 53.6 Å². The number of amides is 4. The fourth-order valence-electron chi connectivity index (χ4n) is 2.98. The highest BCUT2D eigenvalue weighted by Gasteiger charge is 2.37. The highest BCUT2D eigenvalue weighted by atomic mass is 16.7. The molecule has 31 heavy (non-hydrogen) atoms. The number of ether oxygens (including phenoxy) is 3. The largest absolute Gasteiger partial charge is 0.479 e. The zero-order chi connectivity index (χ0) is 22.1. The molecule has 1 atom stereocenters. The Morgan fingerprint density at radius 3 is 2.55 bits per heavy atom. The van der Waals surface area contributed by atoms with Crippen LogP contribution in [0.3, 0.4) is 0 Å². The van der Waals surface area contributed by atoms with Crippen molar-refractivity contribution in [3.63, 3.8) is 0 Å². The average Bonchev–Trinajstić information content (AvgIpc) is 3.20. The number of nitrogens with zero attached hydrogens (tertiary/aromatic N) is 1. The fraction of sp³-hybridized carbons (Fsp3) is 0.143. The number of imide groups is 2. The van der Waals surface area contributed by atoms with Crippen molar-refractivity contribution in [1.29, 1.82) is 0 Å². The predicted octanol–water partition coefficient (Wildman–Crippen LogP) is 1.93. The summed E-state index contributed by atoms with van der Waals surface area (Å²) in [5.74, 6) is -1.55. The van der Waals surface area contributed by atoms with Crippen LogP contribution in [0.5, 0.6) is 17.2 Å². The first kappa shape index (κ1) is 20.0. The van der Waals surface area contributed by atoms with E-state index in [1.54, 1.807) is 18.2 Å². The quantitative estimate of drug-likeness (QED) is 0.550. The number of urea groups is 1. The number of hydrogen-bond donors (Lipinski definition) is 2. The van der Waals surface area contributed by atoms with E-state index in [4.69, 9.17) is 19.3 Å². The lowest BCUT2D eigenvalue weighted by atomic mass is 10.1. The van der Waals surface area contributed by atoms with Gasteiger partial charge in [0.25, 0.3) is 11.8 Å². The zero-order valence-corrected chi connectivity index (χ0v) is 16.2. The smallest absolute Gasteiger partial charge is 0.344 e. The molecule has 0 aromatic heterocycles. The molecule has 10 nitrogen and oxygen atoms in total. The number of carbonyl (C=O) groups excluding carboxylic acids is 3. The van der Waals surface area contributed by atoms with Crippen molar-refractivity contribution < 1.29 is 38.5 Å². The molecular weight excluding hydrogens is 408 g/mol.